The number of hydrogen-bond acceptors (Lipinski definition) is 3. The SMILES string of the molecule is Cc1cc(OC(F)(F)F)c(C(=O)Cl)nc1I. The van der Waals surface area contributed by atoms with Gasteiger partial charge in [0.25, 0.3) is 5.24 Å². The van der Waals surface area contributed by atoms with Crippen molar-refractivity contribution in [1.82, 2.24) is 4.98 Å². The van der Waals surface area contributed by atoms with Gasteiger partial charge in [-0.3, -0.25) is 4.79 Å². The summed E-state index contributed by atoms with van der Waals surface area (Å²) in [5.74, 6) is -0.689. The van der Waals surface area contributed by atoms with Crippen molar-refractivity contribution in [3.8, 4) is 5.75 Å². The molecule has 0 bridgehead atoms. The van der Waals surface area contributed by atoms with E-state index >= 15 is 0 Å². The summed E-state index contributed by atoms with van der Waals surface area (Å²) in [7, 11) is 0. The smallest absolute Gasteiger partial charge is 0.403 e. The Kier molecular flexibility index (Phi) is 4.00. The highest BCUT2D eigenvalue weighted by Gasteiger charge is 2.33. The monoisotopic (exact) mass is 365 g/mol. The third-order valence-corrected chi connectivity index (χ3v) is 2.80. The fraction of sp³-hybridized carbons (Fsp3) is 0.250. The molecule has 3 nitrogen and oxygen atoms in total. The Morgan fingerprint density at radius 1 is 1.56 bits per heavy atom. The van der Waals surface area contributed by atoms with Crippen LogP contribution in [0.15, 0.2) is 6.07 Å². The van der Waals surface area contributed by atoms with Crippen LogP contribution in [0.2, 0.25) is 0 Å². The predicted molar refractivity (Wildman–Crippen MR) is 58.6 cm³/mol. The van der Waals surface area contributed by atoms with Crippen molar-refractivity contribution in [3.05, 3.63) is 21.0 Å². The van der Waals surface area contributed by atoms with Gasteiger partial charge >= 0.3 is 6.36 Å². The van der Waals surface area contributed by atoms with Gasteiger partial charge in [0, 0.05) is 0 Å². The quantitative estimate of drug-likeness (QED) is 0.459. The second kappa shape index (κ2) is 4.74. The maximum absolute atomic E-state index is 12.0. The lowest BCUT2D eigenvalue weighted by Crippen LogP contribution is -2.19. The van der Waals surface area contributed by atoms with Crippen LogP contribution in [-0.2, 0) is 0 Å². The standard InChI is InChI=1S/C8H4ClF3INO2/c1-3-2-4(16-8(10,11)12)5(6(9)15)14-7(3)13/h2H,1H3. The molecule has 0 aliphatic rings. The molecule has 0 atom stereocenters. The van der Waals surface area contributed by atoms with Gasteiger partial charge in [0.05, 0.1) is 0 Å². The topological polar surface area (TPSA) is 39.2 Å². The van der Waals surface area contributed by atoms with Crippen LogP contribution in [0.3, 0.4) is 0 Å². The number of rotatable bonds is 2. The van der Waals surface area contributed by atoms with Gasteiger partial charge in [0.2, 0.25) is 0 Å². The molecule has 0 saturated heterocycles. The predicted octanol–water partition coefficient (Wildman–Crippen LogP) is 3.27. The Morgan fingerprint density at radius 3 is 2.56 bits per heavy atom. The average molecular weight is 365 g/mol. The van der Waals surface area contributed by atoms with Gasteiger partial charge in [-0.2, -0.15) is 0 Å². The third kappa shape index (κ3) is 3.48. The minimum atomic E-state index is -4.89. The normalized spacial score (nSPS) is 11.4. The lowest BCUT2D eigenvalue weighted by Gasteiger charge is -2.12. The summed E-state index contributed by atoms with van der Waals surface area (Å²) in [5, 5.41) is -1.10. The van der Waals surface area contributed by atoms with Gasteiger partial charge in [-0.1, -0.05) is 0 Å². The van der Waals surface area contributed by atoms with Gasteiger partial charge in [-0.15, -0.1) is 13.2 Å². The van der Waals surface area contributed by atoms with E-state index in [0.29, 0.717) is 9.26 Å². The van der Waals surface area contributed by atoms with E-state index in [1.165, 1.54) is 0 Å². The molecule has 1 aromatic rings. The van der Waals surface area contributed by atoms with E-state index < -0.39 is 23.0 Å². The molecule has 16 heavy (non-hydrogen) atoms. The van der Waals surface area contributed by atoms with Crippen LogP contribution in [0.25, 0.3) is 0 Å². The second-order valence-electron chi connectivity index (χ2n) is 2.76. The number of aryl methyl sites for hydroxylation is 1. The lowest BCUT2D eigenvalue weighted by atomic mass is 10.2. The highest BCUT2D eigenvalue weighted by Crippen LogP contribution is 2.28. The minimum absolute atomic E-state index is 0.385. The summed E-state index contributed by atoms with van der Waals surface area (Å²) in [5.41, 5.74) is -0.0875. The molecule has 0 aromatic carbocycles. The van der Waals surface area contributed by atoms with Crippen molar-refractivity contribution >= 4 is 39.4 Å². The van der Waals surface area contributed by atoms with Crippen molar-refractivity contribution in [1.29, 1.82) is 0 Å². The molecule has 0 aliphatic heterocycles. The van der Waals surface area contributed by atoms with Crippen LogP contribution in [0.1, 0.15) is 16.1 Å². The Balaban J connectivity index is 3.25. The van der Waals surface area contributed by atoms with Gasteiger partial charge in [0.15, 0.2) is 11.4 Å². The van der Waals surface area contributed by atoms with Gasteiger partial charge in [-0.05, 0) is 52.7 Å². The summed E-state index contributed by atoms with van der Waals surface area (Å²) in [4.78, 5) is 14.5. The van der Waals surface area contributed by atoms with Crippen molar-refractivity contribution < 1.29 is 22.7 Å². The summed E-state index contributed by atoms with van der Waals surface area (Å²) < 4.78 is 40.1. The average Bonchev–Trinajstić information content (AvgIpc) is 2.07. The first kappa shape index (κ1) is 13.5. The number of carbonyl (C=O) groups is 1. The molecule has 0 amide bonds. The molecule has 0 radical (unpaired) electrons. The summed E-state index contributed by atoms with van der Waals surface area (Å²) in [6.07, 6.45) is -4.89. The zero-order valence-electron chi connectivity index (χ0n) is 7.73. The zero-order chi connectivity index (χ0) is 12.5. The first-order valence-electron chi connectivity index (χ1n) is 3.83. The highest BCUT2D eigenvalue weighted by molar-refractivity contribution is 14.1. The van der Waals surface area contributed by atoms with Crippen LogP contribution < -0.4 is 4.74 Å². The molecule has 0 unspecified atom stereocenters. The third-order valence-electron chi connectivity index (χ3n) is 1.53. The van der Waals surface area contributed by atoms with Gasteiger partial charge in [-0.25, -0.2) is 4.98 Å². The molecule has 0 aliphatic carbocycles. The van der Waals surface area contributed by atoms with Gasteiger partial charge in [0.1, 0.15) is 3.70 Å². The van der Waals surface area contributed by atoms with E-state index in [1.54, 1.807) is 29.5 Å². The molecule has 1 rings (SSSR count). The molecule has 0 N–H and O–H groups in total. The van der Waals surface area contributed by atoms with Crippen LogP contribution in [-0.4, -0.2) is 16.6 Å². The van der Waals surface area contributed by atoms with E-state index in [0.717, 1.165) is 6.07 Å². The Bertz CT molecular complexity index is 436. The van der Waals surface area contributed by atoms with E-state index in [4.69, 9.17) is 11.6 Å². The summed E-state index contributed by atoms with van der Waals surface area (Å²) >= 11 is 6.89. The Morgan fingerprint density at radius 2 is 2.12 bits per heavy atom. The number of alkyl halides is 3. The van der Waals surface area contributed by atoms with Crippen LogP contribution in [0.4, 0.5) is 13.2 Å². The van der Waals surface area contributed by atoms with Crippen LogP contribution in [0.5, 0.6) is 5.75 Å². The number of aromatic nitrogens is 1. The molecule has 1 aromatic heterocycles. The fourth-order valence-electron chi connectivity index (χ4n) is 0.909. The van der Waals surface area contributed by atoms with E-state index in [2.05, 4.69) is 9.72 Å². The molecule has 88 valence electrons. The number of pyridine rings is 1. The van der Waals surface area contributed by atoms with Crippen LogP contribution in [0, 0.1) is 10.6 Å². The minimum Gasteiger partial charge on any atom is -0.403 e. The number of halogens is 5. The number of ether oxygens (including phenoxy) is 1. The molecule has 0 saturated carbocycles. The zero-order valence-corrected chi connectivity index (χ0v) is 10.6. The summed E-state index contributed by atoms with van der Waals surface area (Å²) in [6.45, 7) is 1.54. The molecular weight excluding hydrogens is 361 g/mol. The second-order valence-corrected chi connectivity index (χ2v) is 4.13. The Hall–Kier alpha value is -0.570. The first-order valence-corrected chi connectivity index (χ1v) is 5.29. The summed E-state index contributed by atoms with van der Waals surface area (Å²) in [6, 6.07) is 1.07. The van der Waals surface area contributed by atoms with Crippen molar-refractivity contribution in [3.63, 3.8) is 0 Å². The largest absolute Gasteiger partial charge is 0.573 e. The van der Waals surface area contributed by atoms with E-state index in [-0.39, 0.29) is 0 Å². The Labute approximate surface area is 107 Å². The van der Waals surface area contributed by atoms with Gasteiger partial charge < -0.3 is 4.74 Å². The maximum Gasteiger partial charge on any atom is 0.573 e. The fourth-order valence-corrected chi connectivity index (χ4v) is 1.44. The maximum atomic E-state index is 12.0. The van der Waals surface area contributed by atoms with Crippen molar-refractivity contribution in [2.24, 2.45) is 0 Å². The molecular formula is C8H4ClF3INO2. The molecule has 0 fully saturated rings. The number of hydrogen-bond donors (Lipinski definition) is 0. The number of carbonyl (C=O) groups excluding carboxylic acids is 1. The molecule has 0 spiro atoms. The van der Waals surface area contributed by atoms with Crippen molar-refractivity contribution in [2.75, 3.05) is 0 Å². The first-order chi connectivity index (χ1) is 7.20. The highest BCUT2D eigenvalue weighted by atomic mass is 127. The van der Waals surface area contributed by atoms with Crippen LogP contribution >= 0.6 is 34.2 Å². The van der Waals surface area contributed by atoms with Crippen molar-refractivity contribution in [2.45, 2.75) is 13.3 Å². The van der Waals surface area contributed by atoms with E-state index in [1.807, 2.05) is 0 Å². The van der Waals surface area contributed by atoms with E-state index in [9.17, 15) is 18.0 Å². The number of nitrogens with zero attached hydrogens (tertiary/aromatic N) is 1. The molecule has 8 heteroatoms. The lowest BCUT2D eigenvalue weighted by molar-refractivity contribution is -0.274. The molecule has 1 heterocycles.